The minimum Gasteiger partial charge on any atom is -0.367 e. The molecule has 1 aliphatic rings. The monoisotopic (exact) mass is 317 g/mol. The molecule has 0 aliphatic carbocycles. The largest absolute Gasteiger partial charge is 0.367 e. The lowest BCUT2D eigenvalue weighted by molar-refractivity contribution is 0.558. The van der Waals surface area contributed by atoms with E-state index in [0.29, 0.717) is 18.0 Å². The van der Waals surface area contributed by atoms with Crippen LogP contribution >= 0.6 is 11.6 Å². The Kier molecular flexibility index (Phi) is 4.86. The number of nitrogens with one attached hydrogen (secondary N) is 1. The van der Waals surface area contributed by atoms with Crippen LogP contribution in [0, 0.1) is 6.92 Å². The van der Waals surface area contributed by atoms with Crippen molar-refractivity contribution in [3.05, 3.63) is 16.5 Å². The van der Waals surface area contributed by atoms with Crippen molar-refractivity contribution in [1.82, 2.24) is 9.97 Å². The van der Waals surface area contributed by atoms with Gasteiger partial charge in [-0.2, -0.15) is 0 Å². The van der Waals surface area contributed by atoms with Crippen molar-refractivity contribution in [2.45, 2.75) is 45.6 Å². The van der Waals surface area contributed by atoms with Gasteiger partial charge in [-0.3, -0.25) is 0 Å². The van der Waals surface area contributed by atoms with E-state index in [-0.39, 0.29) is 17.5 Å². The molecule has 0 saturated carbocycles. The summed E-state index contributed by atoms with van der Waals surface area (Å²) in [5.41, 5.74) is 0.819. The Morgan fingerprint density at radius 3 is 2.55 bits per heavy atom. The Hall–Kier alpha value is -0.880. The van der Waals surface area contributed by atoms with Crippen LogP contribution in [0.1, 0.15) is 37.6 Å². The van der Waals surface area contributed by atoms with Gasteiger partial charge in [0.2, 0.25) is 0 Å². The third kappa shape index (κ3) is 3.82. The van der Waals surface area contributed by atoms with Crippen molar-refractivity contribution in [2.75, 3.05) is 16.8 Å². The number of aryl methyl sites for hydroxylation is 1. The van der Waals surface area contributed by atoms with E-state index in [2.05, 4.69) is 22.2 Å². The number of aromatic nitrogens is 2. The molecule has 2 heterocycles. The Bertz CT molecular complexity index is 576. The van der Waals surface area contributed by atoms with Gasteiger partial charge < -0.3 is 5.32 Å². The van der Waals surface area contributed by atoms with E-state index in [1.54, 1.807) is 0 Å². The molecular weight excluding hydrogens is 298 g/mol. The first-order valence-electron chi connectivity index (χ1n) is 6.91. The molecule has 0 unspecified atom stereocenters. The fourth-order valence-corrected chi connectivity index (χ4v) is 3.91. The van der Waals surface area contributed by atoms with Gasteiger partial charge in [-0.25, -0.2) is 18.4 Å². The first kappa shape index (κ1) is 15.5. The van der Waals surface area contributed by atoms with Gasteiger partial charge in [0.25, 0.3) is 0 Å². The molecule has 112 valence electrons. The van der Waals surface area contributed by atoms with Crippen molar-refractivity contribution in [3.8, 4) is 0 Å². The summed E-state index contributed by atoms with van der Waals surface area (Å²) in [5, 5.41) is 3.79. The van der Waals surface area contributed by atoms with Crippen molar-refractivity contribution >= 4 is 27.3 Å². The average Bonchev–Trinajstić information content (AvgIpc) is 2.38. The lowest BCUT2D eigenvalue weighted by Crippen LogP contribution is -2.32. The second-order valence-corrected chi connectivity index (χ2v) is 7.89. The topological polar surface area (TPSA) is 72.0 Å². The average molecular weight is 318 g/mol. The molecular formula is C13H20ClN3O2S. The number of rotatable bonds is 4. The molecule has 0 bridgehead atoms. The summed E-state index contributed by atoms with van der Waals surface area (Å²) >= 11 is 6.13. The summed E-state index contributed by atoms with van der Waals surface area (Å²) in [5.74, 6) is 1.95. The minimum atomic E-state index is -2.84. The molecule has 1 aliphatic heterocycles. The summed E-state index contributed by atoms with van der Waals surface area (Å²) in [7, 11) is -2.84. The second-order valence-electron chi connectivity index (χ2n) is 5.22. The highest BCUT2D eigenvalue weighted by molar-refractivity contribution is 7.91. The third-order valence-corrected chi connectivity index (χ3v) is 5.59. The van der Waals surface area contributed by atoms with Crippen LogP contribution in [0.25, 0.3) is 0 Å². The Morgan fingerprint density at radius 2 is 1.95 bits per heavy atom. The van der Waals surface area contributed by atoms with Gasteiger partial charge in [-0.15, -0.1) is 0 Å². The van der Waals surface area contributed by atoms with Gasteiger partial charge in [-0.1, -0.05) is 18.5 Å². The van der Waals surface area contributed by atoms with E-state index in [9.17, 15) is 8.42 Å². The number of nitrogens with zero attached hydrogens (tertiary/aromatic N) is 2. The molecule has 7 heteroatoms. The molecule has 1 aromatic rings. The lowest BCUT2D eigenvalue weighted by Gasteiger charge is -2.24. The quantitative estimate of drug-likeness (QED) is 0.863. The first-order valence-corrected chi connectivity index (χ1v) is 9.11. The second kappa shape index (κ2) is 6.26. The van der Waals surface area contributed by atoms with Gasteiger partial charge in [0.15, 0.2) is 0 Å². The zero-order chi connectivity index (χ0) is 14.8. The summed E-state index contributed by atoms with van der Waals surface area (Å²) in [6, 6.07) is 0.137. The number of hydrogen-bond acceptors (Lipinski definition) is 5. The molecule has 1 saturated heterocycles. The maximum atomic E-state index is 11.4. The van der Waals surface area contributed by atoms with Crippen LogP contribution in [0.4, 0.5) is 5.82 Å². The van der Waals surface area contributed by atoms with Crippen LogP contribution < -0.4 is 5.32 Å². The summed E-state index contributed by atoms with van der Waals surface area (Å²) < 4.78 is 22.9. The fraction of sp³-hybridized carbons (Fsp3) is 0.692. The smallest absolute Gasteiger partial charge is 0.150 e. The first-order chi connectivity index (χ1) is 9.41. The SMILES string of the molecule is CCCc1nc(Cl)c(C)c(NC2CCS(=O)(=O)CC2)n1. The van der Waals surface area contributed by atoms with Crippen LogP contribution in [-0.2, 0) is 16.3 Å². The van der Waals surface area contributed by atoms with E-state index < -0.39 is 9.84 Å². The van der Waals surface area contributed by atoms with Crippen LogP contribution in [0.5, 0.6) is 0 Å². The number of hydrogen-bond donors (Lipinski definition) is 1. The molecule has 0 radical (unpaired) electrons. The molecule has 1 aromatic heterocycles. The normalized spacial score (nSPS) is 18.9. The van der Waals surface area contributed by atoms with Gasteiger partial charge >= 0.3 is 0 Å². The van der Waals surface area contributed by atoms with E-state index >= 15 is 0 Å². The predicted molar refractivity (Wildman–Crippen MR) is 81.1 cm³/mol. The molecule has 0 aromatic carbocycles. The Morgan fingerprint density at radius 1 is 1.30 bits per heavy atom. The minimum absolute atomic E-state index is 0.137. The molecule has 1 fully saturated rings. The summed E-state index contributed by atoms with van der Waals surface area (Å²) in [6.45, 7) is 3.94. The molecule has 2 rings (SSSR count). The van der Waals surface area contributed by atoms with Crippen LogP contribution in [0.2, 0.25) is 5.15 Å². The van der Waals surface area contributed by atoms with Crippen molar-refractivity contribution in [2.24, 2.45) is 0 Å². The summed E-state index contributed by atoms with van der Waals surface area (Å²) in [6.07, 6.45) is 2.98. The van der Waals surface area contributed by atoms with Gasteiger partial charge in [-0.05, 0) is 26.2 Å². The molecule has 20 heavy (non-hydrogen) atoms. The number of sulfone groups is 1. The zero-order valence-corrected chi connectivity index (χ0v) is 13.4. The van der Waals surface area contributed by atoms with Gasteiger partial charge in [0.1, 0.15) is 26.6 Å². The third-order valence-electron chi connectivity index (χ3n) is 3.50. The van der Waals surface area contributed by atoms with Gasteiger partial charge in [0, 0.05) is 18.0 Å². The summed E-state index contributed by atoms with van der Waals surface area (Å²) in [4.78, 5) is 8.75. The van der Waals surface area contributed by atoms with Crippen LogP contribution in [0.15, 0.2) is 0 Å². The zero-order valence-electron chi connectivity index (χ0n) is 11.8. The number of anilines is 1. The van der Waals surface area contributed by atoms with Crippen LogP contribution in [-0.4, -0.2) is 35.9 Å². The Balaban J connectivity index is 2.12. The van der Waals surface area contributed by atoms with E-state index in [1.165, 1.54) is 0 Å². The highest BCUT2D eigenvalue weighted by Gasteiger charge is 2.24. The number of halogens is 1. The van der Waals surface area contributed by atoms with Crippen molar-refractivity contribution in [3.63, 3.8) is 0 Å². The van der Waals surface area contributed by atoms with Crippen molar-refractivity contribution < 1.29 is 8.42 Å². The van der Waals surface area contributed by atoms with E-state index in [1.807, 2.05) is 6.92 Å². The highest BCUT2D eigenvalue weighted by atomic mass is 35.5. The van der Waals surface area contributed by atoms with Crippen molar-refractivity contribution in [1.29, 1.82) is 0 Å². The maximum Gasteiger partial charge on any atom is 0.150 e. The Labute approximate surface area is 125 Å². The van der Waals surface area contributed by atoms with E-state index in [4.69, 9.17) is 11.6 Å². The van der Waals surface area contributed by atoms with E-state index in [0.717, 1.165) is 30.0 Å². The molecule has 0 spiro atoms. The molecule has 0 amide bonds. The molecule has 5 nitrogen and oxygen atoms in total. The lowest BCUT2D eigenvalue weighted by atomic mass is 10.1. The molecule has 1 N–H and O–H groups in total. The maximum absolute atomic E-state index is 11.4. The molecule has 0 atom stereocenters. The highest BCUT2D eigenvalue weighted by Crippen LogP contribution is 2.23. The standard InChI is InChI=1S/C13H20ClN3O2S/c1-3-4-11-16-12(14)9(2)13(17-11)15-10-5-7-20(18,19)8-6-10/h10H,3-8H2,1-2H3,(H,15,16,17). The predicted octanol–water partition coefficient (Wildman–Crippen LogP) is 2.38. The van der Waals surface area contributed by atoms with Crippen LogP contribution in [0.3, 0.4) is 0 Å². The van der Waals surface area contributed by atoms with Gasteiger partial charge in [0.05, 0.1) is 11.5 Å². The fourth-order valence-electron chi connectivity index (χ4n) is 2.24.